The van der Waals surface area contributed by atoms with E-state index in [4.69, 9.17) is 38.9 Å². The number of carboxylic acids is 3. The summed E-state index contributed by atoms with van der Waals surface area (Å²) in [6.45, 7) is 5.95. The summed E-state index contributed by atoms with van der Waals surface area (Å²) in [6, 6.07) is 87.3. The minimum atomic E-state index is -1.01. The number of nitrogens with zero attached hydrogens (tertiary/aromatic N) is 9. The smallest absolute Gasteiger partial charge is 0.335 e. The Kier molecular flexibility index (Phi) is 32.9. The van der Waals surface area contributed by atoms with Crippen LogP contribution in [0.5, 0.6) is 0 Å². The van der Waals surface area contributed by atoms with E-state index in [2.05, 4.69) is 32.6 Å². The van der Waals surface area contributed by atoms with Gasteiger partial charge in [0.1, 0.15) is 18.0 Å². The molecule has 6 aliphatic rings. The number of hydrogen-bond acceptors (Lipinski definition) is 17. The van der Waals surface area contributed by atoms with E-state index >= 15 is 0 Å². The molecule has 10 N–H and O–H groups in total. The molecule has 14 aromatic rings. The van der Waals surface area contributed by atoms with Crippen molar-refractivity contribution in [2.45, 2.75) is 176 Å². The Morgan fingerprint density at radius 1 is 0.439 bits per heavy atom. The molecule has 4 fully saturated rings. The van der Waals surface area contributed by atoms with Crippen molar-refractivity contribution in [3.63, 3.8) is 0 Å². The van der Waals surface area contributed by atoms with E-state index in [-0.39, 0.29) is 125 Å². The van der Waals surface area contributed by atoms with Crippen LogP contribution >= 0.6 is 11.6 Å². The summed E-state index contributed by atoms with van der Waals surface area (Å²) in [5, 5.41) is 39.5. The lowest BCUT2D eigenvalue weighted by Crippen LogP contribution is -2.52. The first-order valence-electron chi connectivity index (χ1n) is 50.2. The van der Waals surface area contributed by atoms with Crippen molar-refractivity contribution in [2.24, 2.45) is 17.2 Å². The Bertz CT molecular complexity index is 6940. The van der Waals surface area contributed by atoms with Crippen molar-refractivity contribution in [3.05, 3.63) is 438 Å². The van der Waals surface area contributed by atoms with Crippen molar-refractivity contribution in [2.75, 3.05) is 26.2 Å². The molecule has 9 unspecified atom stereocenters. The lowest BCUT2D eigenvalue weighted by atomic mass is 9.80. The molecule has 0 bridgehead atoms. The number of fused-ring (bicyclic) bond motifs is 2. The fraction of sp³-hybridized carbons (Fsp3) is 0.267. The predicted molar refractivity (Wildman–Crippen MR) is 563 cm³/mol. The number of halogens is 2. The topological polar surface area (TPSA) is 395 Å². The van der Waals surface area contributed by atoms with Gasteiger partial charge < -0.3 is 57.1 Å². The SMILES string of the molecule is CC(C)(N)c1ccc(C(=O)N2CCCC(c3ccccc3)C2C(=O)Cc2ccc(C(=O)O)cc2)cc1.NC1CCc2cc(C(=O)N3CCCC(c4ccccc4)C3C(=O)Cc3ccc(C(=O)O)cc3)ccc21.N[C@@H]1CCc2cc(C(=O)N3CCCC(c4ccccc4)C3C(=O)Cc3ccc(C(=O)O)cc3)ccc21.O=C(/C=C/c1cc(Cl)ccc1-n1cnnn1)N1CCCC(c2ccccc2)C1c1ncc(-c2ccc(F)cc2)[nH]1. The number of benzene rings is 12. The highest BCUT2D eigenvalue weighted by Gasteiger charge is 2.45. The molecule has 4 amide bonds. The highest BCUT2D eigenvalue weighted by atomic mass is 35.5. The van der Waals surface area contributed by atoms with E-state index in [1.807, 2.05) is 176 Å². The van der Waals surface area contributed by atoms with Gasteiger partial charge in [-0.1, -0.05) is 194 Å². The monoisotopic (exact) mass is 2000 g/mol. The number of hydrogen-bond donors (Lipinski definition) is 7. The molecule has 4 aliphatic heterocycles. The molecule has 0 saturated carbocycles. The molecular formula is C120H117ClFN13O13. The maximum atomic E-state index is 13.8. The number of carbonyl (C=O) groups excluding carboxylic acids is 7. The fourth-order valence-electron chi connectivity index (χ4n) is 21.6. The van der Waals surface area contributed by atoms with E-state index < -0.39 is 41.6 Å². The van der Waals surface area contributed by atoms with Gasteiger partial charge in [0.2, 0.25) is 5.91 Å². The third kappa shape index (κ3) is 24.4. The molecule has 26 nitrogen and oxygen atoms in total. The number of carboxylic acid groups (broad SMARTS) is 3. The van der Waals surface area contributed by atoms with E-state index in [0.717, 1.165) is 155 Å². The number of aryl methyl sites for hydroxylation is 2. The molecule has 0 radical (unpaired) electrons. The summed E-state index contributed by atoms with van der Waals surface area (Å²) in [4.78, 5) is 145. The fourth-order valence-corrected chi connectivity index (χ4v) is 21.8. The van der Waals surface area contributed by atoms with Gasteiger partial charge in [-0.15, -0.1) is 5.10 Å². The van der Waals surface area contributed by atoms with Gasteiger partial charge in [0, 0.05) is 120 Å². The zero-order chi connectivity index (χ0) is 104. The lowest BCUT2D eigenvalue weighted by molar-refractivity contribution is -0.130. The molecule has 0 spiro atoms. The van der Waals surface area contributed by atoms with Gasteiger partial charge in [0.15, 0.2) is 17.3 Å². The maximum Gasteiger partial charge on any atom is 0.335 e. The maximum absolute atomic E-state index is 13.8. The van der Waals surface area contributed by atoms with Crippen molar-refractivity contribution >= 4 is 76.6 Å². The lowest BCUT2D eigenvalue weighted by Gasteiger charge is -2.41. The first kappa shape index (κ1) is 103. The Labute approximate surface area is 862 Å². The molecule has 2 aromatic heterocycles. The van der Waals surface area contributed by atoms with Crippen LogP contribution in [-0.4, -0.2) is 168 Å². The van der Waals surface area contributed by atoms with Gasteiger partial charge in [-0.3, -0.25) is 33.6 Å². The van der Waals surface area contributed by atoms with Crippen LogP contribution in [0.4, 0.5) is 4.39 Å². The van der Waals surface area contributed by atoms with Crippen molar-refractivity contribution in [1.29, 1.82) is 0 Å². The van der Waals surface area contributed by atoms with Crippen LogP contribution in [0.25, 0.3) is 23.0 Å². The summed E-state index contributed by atoms with van der Waals surface area (Å²) >= 11 is 6.27. The van der Waals surface area contributed by atoms with Gasteiger partial charge in [-0.2, -0.15) is 4.68 Å². The first-order valence-corrected chi connectivity index (χ1v) is 50.6. The second-order valence-electron chi connectivity index (χ2n) is 39.3. The van der Waals surface area contributed by atoms with Crippen LogP contribution < -0.4 is 17.2 Å². The second kappa shape index (κ2) is 47.1. The standard InChI is InChI=1S/C30H25ClFN7O.2C30H30N2O4.C30H32N2O4/c31-23-11-14-27(39-19-34-36-37-39)22(17-23)10-15-28(40)38-16-4-7-25(20-5-2-1-3-6-20)29(38)30-33-18-26(35-30)21-8-12-24(32)13-9-21;2*31-26-15-13-22-18-23(12-14-24(22)26)29(34)32-16-4-7-25(20-5-2-1-3-6-20)28(32)27(33)17-19-8-10-21(11-9-19)30(35)36;1-30(2,31)24-16-14-22(15-17-24)28(34)32-18-6-9-25(21-7-4-3-5-8-21)27(32)26(33)19-20-10-12-23(13-11-20)29(35)36/h1-3,5-6,8-15,17-19,25,29H,4,7,16H2,(H,33,35);2*1-3,5-6,8-12,14,18,25-26,28H,4,7,13,15-17,31H2,(H,35,36);3-5,7-8,10-17,25,27H,6,9,18-19,31H2,1-2H3,(H,35,36)/b15-10+;;;/t;25?,26-,28?;;/m.1../s1. The number of piperidine rings is 4. The highest BCUT2D eigenvalue weighted by Crippen LogP contribution is 2.45. The summed E-state index contributed by atoms with van der Waals surface area (Å²) in [7, 11) is 0. The normalized spacial score (nSPS) is 19.4. The highest BCUT2D eigenvalue weighted by molar-refractivity contribution is 6.30. The van der Waals surface area contributed by atoms with Crippen LogP contribution in [0.2, 0.25) is 5.02 Å². The number of carbonyl (C=O) groups is 10. The number of amides is 4. The van der Waals surface area contributed by atoms with Crippen molar-refractivity contribution in [1.82, 2.24) is 49.8 Å². The third-order valence-electron chi connectivity index (χ3n) is 29.2. The number of aromatic carboxylic acids is 3. The van der Waals surface area contributed by atoms with E-state index in [0.29, 0.717) is 65.0 Å². The summed E-state index contributed by atoms with van der Waals surface area (Å²) in [5.74, 6) is -3.60. The van der Waals surface area contributed by atoms with Crippen LogP contribution in [-0.2, 0) is 56.8 Å². The minimum absolute atomic E-state index is 0.0171. The quantitative estimate of drug-likeness (QED) is 0.0261. The van der Waals surface area contributed by atoms with Crippen molar-refractivity contribution < 1.29 is 67.7 Å². The first-order chi connectivity index (χ1) is 71.5. The number of ketones is 3. The summed E-state index contributed by atoms with van der Waals surface area (Å²) in [6.07, 6.45) is 17.1. The third-order valence-corrected chi connectivity index (χ3v) is 29.4. The van der Waals surface area contributed by atoms with Crippen LogP contribution in [0.3, 0.4) is 0 Å². The molecule has 28 heteroatoms. The Balaban J connectivity index is 0.000000135. The number of imidazole rings is 1. The second-order valence-corrected chi connectivity index (χ2v) is 39.7. The number of likely N-dealkylation sites (tertiary alicyclic amines) is 4. The molecule has 754 valence electrons. The Hall–Kier alpha value is -15.9. The number of rotatable bonds is 25. The number of nitrogens with two attached hydrogens (primary N) is 3. The average molecular weight is 2000 g/mol. The predicted octanol–water partition coefficient (Wildman–Crippen LogP) is 19.8. The molecule has 20 rings (SSSR count). The van der Waals surface area contributed by atoms with E-state index in [9.17, 15) is 62.5 Å². The summed E-state index contributed by atoms with van der Waals surface area (Å²) < 4.78 is 15.0. The summed E-state index contributed by atoms with van der Waals surface area (Å²) in [5.41, 5.74) is 35.1. The molecule has 10 atom stereocenters. The molecule has 2 aliphatic carbocycles. The number of Topliss-reactive ketones (excluding diaryl/α,β-unsaturated/α-hetero) is 3. The van der Waals surface area contributed by atoms with Gasteiger partial charge in [0.05, 0.1) is 58.4 Å². The number of aromatic nitrogens is 6. The molecule has 12 aromatic carbocycles. The Morgan fingerprint density at radius 3 is 1.21 bits per heavy atom. The number of H-pyrrole nitrogens is 1. The van der Waals surface area contributed by atoms with Crippen LogP contribution in [0.15, 0.2) is 316 Å². The van der Waals surface area contributed by atoms with Gasteiger partial charge >= 0.3 is 17.9 Å². The van der Waals surface area contributed by atoms with Gasteiger partial charge in [0.25, 0.3) is 17.7 Å². The van der Waals surface area contributed by atoms with Crippen LogP contribution in [0, 0.1) is 5.82 Å². The molecular weight excluding hydrogens is 1890 g/mol. The molecule has 6 heterocycles. The zero-order valence-corrected chi connectivity index (χ0v) is 83.0. The average Bonchev–Trinajstić information content (AvgIpc) is 1.13. The van der Waals surface area contributed by atoms with Gasteiger partial charge in [-0.05, 0) is 295 Å². The van der Waals surface area contributed by atoms with Crippen LogP contribution in [0.1, 0.15) is 260 Å². The van der Waals surface area contributed by atoms with E-state index in [1.54, 1.807) is 112 Å². The minimum Gasteiger partial charge on any atom is -0.478 e. The van der Waals surface area contributed by atoms with Gasteiger partial charge in [-0.25, -0.2) is 23.8 Å². The van der Waals surface area contributed by atoms with Crippen molar-refractivity contribution in [3.8, 4) is 16.9 Å². The number of nitrogens with one attached hydrogen (secondary N) is 1. The zero-order valence-electron chi connectivity index (χ0n) is 82.2. The number of aromatic amines is 1. The molecule has 4 saturated heterocycles. The van der Waals surface area contributed by atoms with E-state index in [1.165, 1.54) is 59.5 Å². The largest absolute Gasteiger partial charge is 0.478 e. The molecule has 148 heavy (non-hydrogen) atoms. The Morgan fingerprint density at radius 2 is 0.818 bits per heavy atom. The number of tetrazole rings is 1.